The van der Waals surface area contributed by atoms with Crippen LogP contribution < -0.4 is 10.1 Å². The molecule has 0 aromatic heterocycles. The van der Waals surface area contributed by atoms with Crippen LogP contribution in [0.15, 0.2) is 47.4 Å². The summed E-state index contributed by atoms with van der Waals surface area (Å²) in [6, 6.07) is 14.7. The number of ether oxygens (including phenoxy) is 2. The summed E-state index contributed by atoms with van der Waals surface area (Å²) in [5.41, 5.74) is 3.76. The number of nitrogens with one attached hydrogen (secondary N) is 1. The average Bonchev–Trinajstić information content (AvgIpc) is 2.75. The van der Waals surface area contributed by atoms with Crippen molar-refractivity contribution >= 4 is 17.7 Å². The number of hydrogen-bond donors (Lipinski definition) is 1. The largest absolute Gasteiger partial charge is 0.497 e. The number of carbonyl (C=O) groups excluding carboxylic acids is 1. The van der Waals surface area contributed by atoms with Crippen molar-refractivity contribution in [1.82, 2.24) is 5.32 Å². The van der Waals surface area contributed by atoms with Gasteiger partial charge in [0.05, 0.1) is 7.11 Å². The van der Waals surface area contributed by atoms with Gasteiger partial charge in [-0.3, -0.25) is 4.79 Å². The van der Waals surface area contributed by atoms with Gasteiger partial charge in [-0.05, 0) is 67.6 Å². The molecule has 1 aliphatic heterocycles. The van der Waals surface area contributed by atoms with E-state index in [9.17, 15) is 4.79 Å². The maximum Gasteiger partial charge on any atom is 0.220 e. The molecule has 156 valence electrons. The van der Waals surface area contributed by atoms with E-state index in [1.165, 1.54) is 21.6 Å². The van der Waals surface area contributed by atoms with E-state index in [1.54, 1.807) is 18.9 Å². The molecule has 4 nitrogen and oxygen atoms in total. The molecule has 0 unspecified atom stereocenters. The van der Waals surface area contributed by atoms with Crippen LogP contribution in [-0.2, 0) is 14.9 Å². The zero-order valence-electron chi connectivity index (χ0n) is 17.6. The Bertz CT molecular complexity index is 813. The van der Waals surface area contributed by atoms with Crippen molar-refractivity contribution in [2.75, 3.05) is 32.6 Å². The van der Waals surface area contributed by atoms with E-state index < -0.39 is 0 Å². The fraction of sp³-hybridized carbons (Fsp3) is 0.458. The van der Waals surface area contributed by atoms with Crippen LogP contribution in [0.4, 0.5) is 0 Å². The molecule has 29 heavy (non-hydrogen) atoms. The van der Waals surface area contributed by atoms with E-state index in [2.05, 4.69) is 49.5 Å². The van der Waals surface area contributed by atoms with E-state index in [0.29, 0.717) is 13.0 Å². The third-order valence-electron chi connectivity index (χ3n) is 5.85. The molecular formula is C24H31NO3S. The molecule has 1 heterocycles. The third-order valence-corrected chi connectivity index (χ3v) is 6.85. The quantitative estimate of drug-likeness (QED) is 0.640. The second-order valence-corrected chi connectivity index (χ2v) is 8.91. The first-order valence-corrected chi connectivity index (χ1v) is 11.2. The summed E-state index contributed by atoms with van der Waals surface area (Å²) in [7, 11) is 1.68. The summed E-state index contributed by atoms with van der Waals surface area (Å²) >= 11 is 1.74. The van der Waals surface area contributed by atoms with Gasteiger partial charge in [0.1, 0.15) is 5.75 Å². The number of rotatable bonds is 8. The van der Waals surface area contributed by atoms with Crippen LogP contribution in [0.2, 0.25) is 0 Å². The van der Waals surface area contributed by atoms with Gasteiger partial charge in [0.25, 0.3) is 0 Å². The lowest BCUT2D eigenvalue weighted by Gasteiger charge is -2.38. The number of aryl methyl sites for hydroxylation is 2. The first kappa shape index (κ1) is 21.7. The molecule has 0 aliphatic carbocycles. The SMILES string of the molecule is COc1ccc(C2(CNC(=O)CCSc3ccc(C)c(C)c3)CCOCC2)cc1. The summed E-state index contributed by atoms with van der Waals surface area (Å²) < 4.78 is 10.9. The number of thioether (sulfide) groups is 1. The molecule has 1 N–H and O–H groups in total. The Kier molecular flexibility index (Phi) is 7.62. The molecule has 0 saturated carbocycles. The summed E-state index contributed by atoms with van der Waals surface area (Å²) in [5.74, 6) is 1.75. The maximum atomic E-state index is 12.5. The molecule has 1 saturated heterocycles. The van der Waals surface area contributed by atoms with E-state index in [1.807, 2.05) is 12.1 Å². The van der Waals surface area contributed by atoms with Gasteiger partial charge in [0.2, 0.25) is 5.91 Å². The molecule has 0 radical (unpaired) electrons. The van der Waals surface area contributed by atoms with Crippen molar-refractivity contribution in [3.63, 3.8) is 0 Å². The molecule has 2 aromatic carbocycles. The smallest absolute Gasteiger partial charge is 0.220 e. The number of amides is 1. The van der Waals surface area contributed by atoms with Crippen molar-refractivity contribution in [1.29, 1.82) is 0 Å². The molecular weight excluding hydrogens is 382 g/mol. The van der Waals surface area contributed by atoms with Crippen LogP contribution in [-0.4, -0.2) is 38.5 Å². The van der Waals surface area contributed by atoms with Crippen molar-refractivity contribution in [3.05, 3.63) is 59.2 Å². The highest BCUT2D eigenvalue weighted by Gasteiger charge is 2.34. The zero-order valence-corrected chi connectivity index (χ0v) is 18.4. The average molecular weight is 414 g/mol. The van der Waals surface area contributed by atoms with Crippen molar-refractivity contribution in [2.45, 2.75) is 43.4 Å². The highest BCUT2D eigenvalue weighted by Crippen LogP contribution is 2.35. The molecule has 1 amide bonds. The van der Waals surface area contributed by atoms with Crippen molar-refractivity contribution < 1.29 is 14.3 Å². The Hall–Kier alpha value is -1.98. The van der Waals surface area contributed by atoms with Gasteiger partial charge in [-0.25, -0.2) is 0 Å². The molecule has 0 spiro atoms. The van der Waals surface area contributed by atoms with E-state index in [0.717, 1.165) is 37.6 Å². The van der Waals surface area contributed by atoms with Crippen LogP contribution in [0.25, 0.3) is 0 Å². The van der Waals surface area contributed by atoms with Crippen LogP contribution in [0.5, 0.6) is 5.75 Å². The van der Waals surface area contributed by atoms with Gasteiger partial charge < -0.3 is 14.8 Å². The molecule has 1 fully saturated rings. The first-order valence-electron chi connectivity index (χ1n) is 10.2. The van der Waals surface area contributed by atoms with Crippen LogP contribution in [0, 0.1) is 13.8 Å². The molecule has 0 bridgehead atoms. The summed E-state index contributed by atoms with van der Waals surface area (Å²) in [5, 5.41) is 3.19. The van der Waals surface area contributed by atoms with Crippen LogP contribution in [0.1, 0.15) is 36.0 Å². The lowest BCUT2D eigenvalue weighted by Crippen LogP contribution is -2.44. The van der Waals surface area contributed by atoms with Gasteiger partial charge in [-0.1, -0.05) is 18.2 Å². The molecule has 1 aliphatic rings. The van der Waals surface area contributed by atoms with E-state index in [4.69, 9.17) is 9.47 Å². The summed E-state index contributed by atoms with van der Waals surface area (Å²) in [6.45, 7) is 6.34. The molecule has 0 atom stereocenters. The fourth-order valence-electron chi connectivity index (χ4n) is 3.70. The lowest BCUT2D eigenvalue weighted by atomic mass is 9.74. The van der Waals surface area contributed by atoms with Gasteiger partial charge >= 0.3 is 0 Å². The van der Waals surface area contributed by atoms with Crippen molar-refractivity contribution in [3.8, 4) is 5.75 Å². The van der Waals surface area contributed by atoms with E-state index in [-0.39, 0.29) is 11.3 Å². The minimum absolute atomic E-state index is 0.0681. The Morgan fingerprint density at radius 3 is 2.48 bits per heavy atom. The van der Waals surface area contributed by atoms with Crippen LogP contribution in [0.3, 0.4) is 0 Å². The van der Waals surface area contributed by atoms with Gasteiger partial charge in [-0.15, -0.1) is 11.8 Å². The second-order valence-electron chi connectivity index (χ2n) is 7.74. The Morgan fingerprint density at radius 1 is 1.10 bits per heavy atom. The lowest BCUT2D eigenvalue weighted by molar-refractivity contribution is -0.121. The maximum absolute atomic E-state index is 12.5. The van der Waals surface area contributed by atoms with E-state index >= 15 is 0 Å². The van der Waals surface area contributed by atoms with Crippen LogP contribution >= 0.6 is 11.8 Å². The minimum atomic E-state index is -0.0681. The van der Waals surface area contributed by atoms with Gasteiger partial charge in [0.15, 0.2) is 0 Å². The zero-order chi connectivity index (χ0) is 20.7. The number of hydrogen-bond acceptors (Lipinski definition) is 4. The van der Waals surface area contributed by atoms with Gasteiger partial charge in [-0.2, -0.15) is 0 Å². The molecule has 5 heteroatoms. The summed E-state index contributed by atoms with van der Waals surface area (Å²) in [4.78, 5) is 13.7. The topological polar surface area (TPSA) is 47.6 Å². The predicted molar refractivity (Wildman–Crippen MR) is 119 cm³/mol. The Morgan fingerprint density at radius 2 is 1.83 bits per heavy atom. The highest BCUT2D eigenvalue weighted by molar-refractivity contribution is 7.99. The number of methoxy groups -OCH3 is 1. The second kappa shape index (κ2) is 10.2. The number of carbonyl (C=O) groups is 1. The minimum Gasteiger partial charge on any atom is -0.497 e. The predicted octanol–water partition coefficient (Wildman–Crippen LogP) is 4.66. The monoisotopic (exact) mass is 413 g/mol. The fourth-order valence-corrected chi connectivity index (χ4v) is 4.64. The van der Waals surface area contributed by atoms with Gasteiger partial charge in [0, 0.05) is 42.2 Å². The summed E-state index contributed by atoms with van der Waals surface area (Å²) in [6.07, 6.45) is 2.35. The molecule has 2 aromatic rings. The normalized spacial score (nSPS) is 15.7. The first-order chi connectivity index (χ1) is 14.0. The number of benzene rings is 2. The standard InChI is InChI=1S/C24H31NO3S/c1-18-4-9-22(16-19(18)2)29-15-10-23(26)25-17-24(11-13-28-14-12-24)20-5-7-21(27-3)8-6-20/h4-9,16H,10-15,17H2,1-3H3,(H,25,26). The highest BCUT2D eigenvalue weighted by atomic mass is 32.2. The Labute approximate surface area is 178 Å². The molecule has 3 rings (SSSR count). The van der Waals surface area contributed by atoms with Crippen molar-refractivity contribution in [2.24, 2.45) is 0 Å². The third kappa shape index (κ3) is 5.77. The Balaban J connectivity index is 1.54.